The van der Waals surface area contributed by atoms with Crippen molar-refractivity contribution in [2.24, 2.45) is 0 Å². The van der Waals surface area contributed by atoms with Crippen LogP contribution in [0.1, 0.15) is 48.0 Å². The molecule has 1 heterocycles. The minimum atomic E-state index is -2.67. The van der Waals surface area contributed by atoms with Crippen molar-refractivity contribution >= 4 is 24.8 Å². The SMILES string of the molecule is CN(C)[C@@H]1C[C@H](CO[Si](c2ccccc2)(c2ccccc2)C(C)(C)C)N(C(=O)OC(C)(C)C)C1. The van der Waals surface area contributed by atoms with Crippen molar-refractivity contribution in [3.63, 3.8) is 0 Å². The van der Waals surface area contributed by atoms with Crippen molar-refractivity contribution in [2.75, 3.05) is 27.2 Å². The summed E-state index contributed by atoms with van der Waals surface area (Å²) in [5.74, 6) is 0. The van der Waals surface area contributed by atoms with Crippen molar-refractivity contribution in [2.45, 2.75) is 70.7 Å². The molecule has 0 aromatic heterocycles. The Bertz CT molecular complexity index is 896. The summed E-state index contributed by atoms with van der Waals surface area (Å²) in [4.78, 5) is 17.2. The van der Waals surface area contributed by atoms with Gasteiger partial charge in [0.05, 0.1) is 12.6 Å². The van der Waals surface area contributed by atoms with E-state index in [1.807, 2.05) is 25.7 Å². The fraction of sp³-hybridized carbons (Fsp3) is 0.536. The van der Waals surface area contributed by atoms with Crippen LogP contribution in [-0.2, 0) is 9.16 Å². The molecule has 0 aliphatic carbocycles. The van der Waals surface area contributed by atoms with E-state index in [0.717, 1.165) is 6.42 Å². The molecule has 3 rings (SSSR count). The quantitative estimate of drug-likeness (QED) is 0.569. The highest BCUT2D eigenvalue weighted by Crippen LogP contribution is 2.37. The third-order valence-corrected chi connectivity index (χ3v) is 11.7. The van der Waals surface area contributed by atoms with E-state index in [-0.39, 0.29) is 23.2 Å². The van der Waals surface area contributed by atoms with Gasteiger partial charge in [0.25, 0.3) is 8.32 Å². The van der Waals surface area contributed by atoms with Gasteiger partial charge in [0.2, 0.25) is 0 Å². The monoisotopic (exact) mass is 482 g/mol. The van der Waals surface area contributed by atoms with Crippen molar-refractivity contribution in [1.29, 1.82) is 0 Å². The molecule has 5 nitrogen and oxygen atoms in total. The highest BCUT2D eigenvalue weighted by molar-refractivity contribution is 6.99. The molecule has 2 aromatic carbocycles. The molecule has 186 valence electrons. The second kappa shape index (κ2) is 10.2. The maximum Gasteiger partial charge on any atom is 0.410 e. The highest BCUT2D eigenvalue weighted by Gasteiger charge is 2.51. The Morgan fingerprint density at radius 2 is 1.44 bits per heavy atom. The van der Waals surface area contributed by atoms with E-state index in [2.05, 4.69) is 100 Å². The number of likely N-dealkylation sites (N-methyl/N-ethyl adjacent to an activating group) is 1. The lowest BCUT2D eigenvalue weighted by Crippen LogP contribution is -2.67. The van der Waals surface area contributed by atoms with Crippen LogP contribution in [-0.4, -0.2) is 69.1 Å². The molecule has 0 N–H and O–H groups in total. The van der Waals surface area contributed by atoms with Crippen LogP contribution in [0, 0.1) is 0 Å². The van der Waals surface area contributed by atoms with E-state index < -0.39 is 13.9 Å². The van der Waals surface area contributed by atoms with Crippen LogP contribution < -0.4 is 10.4 Å². The van der Waals surface area contributed by atoms with Gasteiger partial charge in [-0.2, -0.15) is 0 Å². The Hall–Kier alpha value is -2.15. The number of benzene rings is 2. The number of hydrogen-bond acceptors (Lipinski definition) is 4. The fourth-order valence-corrected chi connectivity index (χ4v) is 9.55. The van der Waals surface area contributed by atoms with Crippen LogP contribution in [0.5, 0.6) is 0 Å². The number of likely N-dealkylation sites (tertiary alicyclic amines) is 1. The van der Waals surface area contributed by atoms with Crippen LogP contribution in [0.15, 0.2) is 60.7 Å². The van der Waals surface area contributed by atoms with Gasteiger partial charge < -0.3 is 19.0 Å². The highest BCUT2D eigenvalue weighted by atomic mass is 28.4. The number of ether oxygens (including phenoxy) is 1. The van der Waals surface area contributed by atoms with Gasteiger partial charge >= 0.3 is 6.09 Å². The lowest BCUT2D eigenvalue weighted by molar-refractivity contribution is 0.0178. The molecular weight excluding hydrogens is 440 g/mol. The van der Waals surface area contributed by atoms with Crippen LogP contribution in [0.4, 0.5) is 4.79 Å². The average molecular weight is 483 g/mol. The van der Waals surface area contributed by atoms with E-state index in [1.54, 1.807) is 0 Å². The Morgan fingerprint density at radius 1 is 0.941 bits per heavy atom. The van der Waals surface area contributed by atoms with Crippen LogP contribution in [0.25, 0.3) is 0 Å². The Morgan fingerprint density at radius 3 is 1.85 bits per heavy atom. The van der Waals surface area contributed by atoms with Gasteiger partial charge in [-0.15, -0.1) is 0 Å². The summed E-state index contributed by atoms with van der Waals surface area (Å²) < 4.78 is 12.9. The first-order valence-corrected chi connectivity index (χ1v) is 14.2. The lowest BCUT2D eigenvalue weighted by atomic mass is 10.2. The summed E-state index contributed by atoms with van der Waals surface area (Å²) in [7, 11) is 1.48. The van der Waals surface area contributed by atoms with Crippen molar-refractivity contribution in [3.05, 3.63) is 60.7 Å². The molecule has 6 heteroatoms. The zero-order valence-electron chi connectivity index (χ0n) is 22.2. The summed E-state index contributed by atoms with van der Waals surface area (Å²) in [6, 6.07) is 21.5. The molecule has 0 unspecified atom stereocenters. The summed E-state index contributed by atoms with van der Waals surface area (Å²) in [6.07, 6.45) is 0.609. The van der Waals surface area contributed by atoms with Crippen LogP contribution >= 0.6 is 0 Å². The van der Waals surface area contributed by atoms with Gasteiger partial charge in [-0.1, -0.05) is 81.4 Å². The first kappa shape index (κ1) is 26.5. The first-order chi connectivity index (χ1) is 15.8. The topological polar surface area (TPSA) is 42.0 Å². The summed E-state index contributed by atoms with van der Waals surface area (Å²) >= 11 is 0. The Kier molecular flexibility index (Phi) is 7.95. The third kappa shape index (κ3) is 5.73. The fourth-order valence-electron chi connectivity index (χ4n) is 4.95. The largest absolute Gasteiger partial charge is 0.444 e. The molecule has 2 aromatic rings. The molecule has 0 saturated carbocycles. The smallest absolute Gasteiger partial charge is 0.410 e. The normalized spacial score (nSPS) is 19.5. The van der Waals surface area contributed by atoms with Crippen molar-refractivity contribution in [1.82, 2.24) is 9.80 Å². The van der Waals surface area contributed by atoms with E-state index in [1.165, 1.54) is 10.4 Å². The average Bonchev–Trinajstić information content (AvgIpc) is 3.18. The maximum atomic E-state index is 13.1. The molecule has 0 bridgehead atoms. The molecular formula is C28H42N2O3Si. The van der Waals surface area contributed by atoms with Crippen LogP contribution in [0.2, 0.25) is 5.04 Å². The van der Waals surface area contributed by atoms with E-state index in [9.17, 15) is 4.79 Å². The molecule has 2 atom stereocenters. The Labute approximate surface area is 207 Å². The number of carbonyl (C=O) groups is 1. The van der Waals surface area contributed by atoms with Gasteiger partial charge in [-0.25, -0.2) is 4.79 Å². The van der Waals surface area contributed by atoms with Gasteiger partial charge in [-0.3, -0.25) is 0 Å². The summed E-state index contributed by atoms with van der Waals surface area (Å²) in [6.45, 7) is 13.7. The van der Waals surface area contributed by atoms with Gasteiger partial charge in [0.15, 0.2) is 0 Å². The number of carbonyl (C=O) groups excluding carboxylic acids is 1. The lowest BCUT2D eigenvalue weighted by Gasteiger charge is -2.44. The molecule has 1 aliphatic heterocycles. The third-order valence-electron chi connectivity index (χ3n) is 6.66. The number of amides is 1. The maximum absolute atomic E-state index is 13.1. The standard InChI is InChI=1S/C28H42N2O3Si/c1-27(2,3)33-26(31)30-20-22(29(7)8)19-23(30)21-32-34(28(4,5)6,24-15-11-9-12-16-24)25-17-13-10-14-18-25/h9-18,22-23H,19-21H2,1-8H3/t22-,23-/m1/s1. The molecule has 1 saturated heterocycles. The minimum absolute atomic E-state index is 0.0381. The first-order valence-electron chi connectivity index (χ1n) is 12.3. The summed E-state index contributed by atoms with van der Waals surface area (Å²) in [5, 5.41) is 2.39. The van der Waals surface area contributed by atoms with E-state index >= 15 is 0 Å². The van der Waals surface area contributed by atoms with Crippen LogP contribution in [0.3, 0.4) is 0 Å². The summed E-state index contributed by atoms with van der Waals surface area (Å²) in [5.41, 5.74) is -0.531. The van der Waals surface area contributed by atoms with E-state index in [0.29, 0.717) is 13.2 Å². The minimum Gasteiger partial charge on any atom is -0.444 e. The Balaban J connectivity index is 1.98. The number of hydrogen-bond donors (Lipinski definition) is 0. The molecule has 1 fully saturated rings. The van der Waals surface area contributed by atoms with Gasteiger partial charge in [-0.05, 0) is 56.7 Å². The molecule has 1 aliphatic rings. The molecule has 0 radical (unpaired) electrons. The molecule has 34 heavy (non-hydrogen) atoms. The second-order valence-electron chi connectivity index (χ2n) is 11.6. The van der Waals surface area contributed by atoms with Gasteiger partial charge in [0, 0.05) is 12.6 Å². The second-order valence-corrected chi connectivity index (χ2v) is 15.9. The molecule has 0 spiro atoms. The number of nitrogens with zero attached hydrogens (tertiary/aromatic N) is 2. The molecule has 1 amide bonds. The predicted octanol–water partition coefficient (Wildman–Crippen LogP) is 4.50. The van der Waals surface area contributed by atoms with Crippen molar-refractivity contribution in [3.8, 4) is 0 Å². The zero-order chi connectivity index (χ0) is 25.1. The zero-order valence-corrected chi connectivity index (χ0v) is 23.2. The van der Waals surface area contributed by atoms with Crippen molar-refractivity contribution < 1.29 is 14.0 Å². The van der Waals surface area contributed by atoms with E-state index in [4.69, 9.17) is 9.16 Å². The number of rotatable bonds is 6. The predicted molar refractivity (Wildman–Crippen MR) is 142 cm³/mol. The van der Waals surface area contributed by atoms with Gasteiger partial charge in [0.1, 0.15) is 5.60 Å².